The van der Waals surface area contributed by atoms with Crippen molar-refractivity contribution in [3.63, 3.8) is 0 Å². The van der Waals surface area contributed by atoms with E-state index < -0.39 is 10.8 Å². The Balaban J connectivity index is 1.58. The third-order valence-corrected chi connectivity index (χ3v) is 3.94. The highest BCUT2D eigenvalue weighted by molar-refractivity contribution is 6.03. The standard InChI is InChI=1S/C18H13N7O3/c26-18(21-15-6-1-2-7-17(15)24-12-19-11-20-24)16-8-9-23(22-16)13-4-3-5-14(10-13)25(27)28/h1-12H,(H,21,26). The van der Waals surface area contributed by atoms with E-state index in [2.05, 4.69) is 20.5 Å². The number of non-ortho nitro benzene ring substituents is 1. The molecule has 1 amide bonds. The topological polar surface area (TPSA) is 121 Å². The maximum atomic E-state index is 12.6. The molecule has 0 radical (unpaired) electrons. The number of amides is 1. The average Bonchev–Trinajstić information content (AvgIpc) is 3.41. The predicted octanol–water partition coefficient (Wildman–Crippen LogP) is 2.61. The maximum absolute atomic E-state index is 12.6. The fraction of sp³-hybridized carbons (Fsp3) is 0. The Morgan fingerprint density at radius 2 is 1.93 bits per heavy atom. The summed E-state index contributed by atoms with van der Waals surface area (Å²) in [7, 11) is 0. The molecule has 0 atom stereocenters. The van der Waals surface area contributed by atoms with Gasteiger partial charge in [0.1, 0.15) is 12.7 Å². The lowest BCUT2D eigenvalue weighted by Crippen LogP contribution is -2.15. The summed E-state index contributed by atoms with van der Waals surface area (Å²) in [5.41, 5.74) is 1.80. The molecule has 0 aliphatic heterocycles. The lowest BCUT2D eigenvalue weighted by molar-refractivity contribution is -0.384. The smallest absolute Gasteiger partial charge is 0.276 e. The van der Waals surface area contributed by atoms with Gasteiger partial charge < -0.3 is 5.32 Å². The summed E-state index contributed by atoms with van der Waals surface area (Å²) in [6.45, 7) is 0. The minimum atomic E-state index is -0.484. The van der Waals surface area contributed by atoms with Gasteiger partial charge in [0.15, 0.2) is 5.69 Å². The second-order valence-electron chi connectivity index (χ2n) is 5.73. The Kier molecular flexibility index (Phi) is 4.34. The Morgan fingerprint density at radius 3 is 2.71 bits per heavy atom. The Morgan fingerprint density at radius 1 is 1.07 bits per heavy atom. The first kappa shape index (κ1) is 17.1. The molecule has 0 aliphatic rings. The minimum absolute atomic E-state index is 0.0549. The molecule has 4 rings (SSSR count). The average molecular weight is 375 g/mol. The third kappa shape index (κ3) is 3.33. The molecular weight excluding hydrogens is 362 g/mol. The summed E-state index contributed by atoms with van der Waals surface area (Å²) in [5.74, 6) is -0.420. The molecule has 0 saturated carbocycles. The van der Waals surface area contributed by atoms with E-state index in [1.54, 1.807) is 36.5 Å². The van der Waals surface area contributed by atoms with Gasteiger partial charge in [-0.2, -0.15) is 10.2 Å². The van der Waals surface area contributed by atoms with Crippen LogP contribution in [0.4, 0.5) is 11.4 Å². The molecule has 0 spiro atoms. The number of para-hydroxylation sites is 2. The van der Waals surface area contributed by atoms with E-state index >= 15 is 0 Å². The van der Waals surface area contributed by atoms with Crippen molar-refractivity contribution in [1.29, 1.82) is 0 Å². The lowest BCUT2D eigenvalue weighted by Gasteiger charge is -2.09. The SMILES string of the molecule is O=C(Nc1ccccc1-n1cncn1)c1ccn(-c2cccc([N+](=O)[O-])c2)n1. The minimum Gasteiger partial charge on any atom is -0.319 e. The van der Waals surface area contributed by atoms with Crippen LogP contribution in [0.3, 0.4) is 0 Å². The van der Waals surface area contributed by atoms with Crippen molar-refractivity contribution < 1.29 is 9.72 Å². The fourth-order valence-electron chi connectivity index (χ4n) is 2.64. The number of nitrogens with one attached hydrogen (secondary N) is 1. The number of nitro benzene ring substituents is 1. The van der Waals surface area contributed by atoms with E-state index in [0.29, 0.717) is 17.1 Å². The van der Waals surface area contributed by atoms with E-state index in [1.165, 1.54) is 40.2 Å². The van der Waals surface area contributed by atoms with Gasteiger partial charge in [-0.05, 0) is 24.3 Å². The van der Waals surface area contributed by atoms with Gasteiger partial charge in [0, 0.05) is 18.3 Å². The molecule has 0 saturated heterocycles. The van der Waals surface area contributed by atoms with Gasteiger partial charge in [-0.15, -0.1) is 0 Å². The van der Waals surface area contributed by atoms with Crippen molar-refractivity contribution in [3.05, 3.63) is 89.3 Å². The van der Waals surface area contributed by atoms with Crippen LogP contribution in [0, 0.1) is 10.1 Å². The summed E-state index contributed by atoms with van der Waals surface area (Å²) in [5, 5.41) is 22.0. The van der Waals surface area contributed by atoms with Crippen LogP contribution in [-0.4, -0.2) is 35.4 Å². The van der Waals surface area contributed by atoms with Crippen LogP contribution in [-0.2, 0) is 0 Å². The molecule has 138 valence electrons. The monoisotopic (exact) mass is 375 g/mol. The Hall–Kier alpha value is -4.34. The second kappa shape index (κ2) is 7.11. The number of rotatable bonds is 5. The first-order valence-corrected chi connectivity index (χ1v) is 8.18. The summed E-state index contributed by atoms with van der Waals surface area (Å²) in [4.78, 5) is 27.0. The Labute approximate surface area is 158 Å². The second-order valence-corrected chi connectivity index (χ2v) is 5.73. The van der Waals surface area contributed by atoms with Crippen LogP contribution in [0.5, 0.6) is 0 Å². The van der Waals surface area contributed by atoms with Crippen LogP contribution in [0.15, 0.2) is 73.4 Å². The van der Waals surface area contributed by atoms with Gasteiger partial charge in [0.2, 0.25) is 0 Å². The van der Waals surface area contributed by atoms with Crippen molar-refractivity contribution in [1.82, 2.24) is 24.5 Å². The van der Waals surface area contributed by atoms with Crippen molar-refractivity contribution >= 4 is 17.3 Å². The molecule has 0 aliphatic carbocycles. The normalized spacial score (nSPS) is 10.6. The first-order valence-electron chi connectivity index (χ1n) is 8.18. The van der Waals surface area contributed by atoms with Gasteiger partial charge in [-0.25, -0.2) is 14.3 Å². The van der Waals surface area contributed by atoms with E-state index in [0.717, 1.165) is 0 Å². The molecule has 2 aromatic carbocycles. The van der Waals surface area contributed by atoms with Gasteiger partial charge in [0.05, 0.1) is 22.0 Å². The van der Waals surface area contributed by atoms with Crippen LogP contribution in [0.25, 0.3) is 11.4 Å². The molecule has 4 aromatic rings. The fourth-order valence-corrected chi connectivity index (χ4v) is 2.64. The van der Waals surface area contributed by atoms with Gasteiger partial charge in [-0.3, -0.25) is 14.9 Å². The quantitative estimate of drug-likeness (QED) is 0.423. The van der Waals surface area contributed by atoms with Crippen molar-refractivity contribution in [3.8, 4) is 11.4 Å². The van der Waals surface area contributed by atoms with Gasteiger partial charge in [-0.1, -0.05) is 18.2 Å². The molecule has 2 heterocycles. The molecule has 0 fully saturated rings. The van der Waals surface area contributed by atoms with E-state index in [1.807, 2.05) is 6.07 Å². The third-order valence-electron chi connectivity index (χ3n) is 3.94. The number of carbonyl (C=O) groups excluding carboxylic acids is 1. The summed E-state index contributed by atoms with van der Waals surface area (Å²) < 4.78 is 2.95. The number of aromatic nitrogens is 5. The van der Waals surface area contributed by atoms with Gasteiger partial charge >= 0.3 is 0 Å². The molecule has 10 nitrogen and oxygen atoms in total. The van der Waals surface area contributed by atoms with Crippen molar-refractivity contribution in [2.45, 2.75) is 0 Å². The number of carbonyl (C=O) groups is 1. The van der Waals surface area contributed by atoms with E-state index in [4.69, 9.17) is 0 Å². The van der Waals surface area contributed by atoms with Crippen molar-refractivity contribution in [2.24, 2.45) is 0 Å². The number of hydrogen-bond donors (Lipinski definition) is 1. The zero-order valence-electron chi connectivity index (χ0n) is 14.3. The number of nitro groups is 1. The van der Waals surface area contributed by atoms with Crippen LogP contribution in [0.1, 0.15) is 10.5 Å². The largest absolute Gasteiger partial charge is 0.319 e. The maximum Gasteiger partial charge on any atom is 0.276 e. The summed E-state index contributed by atoms with van der Waals surface area (Å²) >= 11 is 0. The van der Waals surface area contributed by atoms with Crippen molar-refractivity contribution in [2.75, 3.05) is 5.32 Å². The summed E-state index contributed by atoms with van der Waals surface area (Å²) in [6.07, 6.45) is 4.50. The van der Waals surface area contributed by atoms with Gasteiger partial charge in [0.25, 0.3) is 11.6 Å². The molecule has 0 unspecified atom stereocenters. The molecule has 10 heteroatoms. The first-order chi connectivity index (χ1) is 13.6. The number of nitrogens with zero attached hydrogens (tertiary/aromatic N) is 6. The number of benzene rings is 2. The number of anilines is 1. The van der Waals surface area contributed by atoms with Crippen LogP contribution < -0.4 is 5.32 Å². The zero-order valence-corrected chi connectivity index (χ0v) is 14.3. The van der Waals surface area contributed by atoms with Crippen LogP contribution >= 0.6 is 0 Å². The highest BCUT2D eigenvalue weighted by Crippen LogP contribution is 2.20. The molecule has 1 N–H and O–H groups in total. The highest BCUT2D eigenvalue weighted by Gasteiger charge is 2.14. The molecule has 0 bridgehead atoms. The Bertz CT molecular complexity index is 1150. The number of hydrogen-bond acceptors (Lipinski definition) is 6. The highest BCUT2D eigenvalue weighted by atomic mass is 16.6. The zero-order chi connectivity index (χ0) is 19.5. The molecule has 2 aromatic heterocycles. The lowest BCUT2D eigenvalue weighted by atomic mass is 10.2. The van der Waals surface area contributed by atoms with Crippen LogP contribution in [0.2, 0.25) is 0 Å². The van der Waals surface area contributed by atoms with E-state index in [-0.39, 0.29) is 11.4 Å². The predicted molar refractivity (Wildman–Crippen MR) is 99.5 cm³/mol. The molecule has 28 heavy (non-hydrogen) atoms. The summed E-state index contributed by atoms with van der Waals surface area (Å²) in [6, 6.07) is 14.7. The van der Waals surface area contributed by atoms with E-state index in [9.17, 15) is 14.9 Å². The molecular formula is C18H13N7O3.